The van der Waals surface area contributed by atoms with E-state index in [2.05, 4.69) is 5.32 Å². The summed E-state index contributed by atoms with van der Waals surface area (Å²) >= 11 is 0. The lowest BCUT2D eigenvalue weighted by atomic mass is 10.1. The summed E-state index contributed by atoms with van der Waals surface area (Å²) in [6.45, 7) is 2.08. The number of benzene rings is 2. The Balaban J connectivity index is 1.58. The molecule has 1 heterocycles. The topological polar surface area (TPSA) is 75.4 Å². The van der Waals surface area contributed by atoms with Gasteiger partial charge < -0.3 is 16.0 Å². The Bertz CT molecular complexity index is 750. The lowest BCUT2D eigenvalue weighted by molar-refractivity contribution is 0.0724. The number of amides is 2. The van der Waals surface area contributed by atoms with Crippen LogP contribution in [0.25, 0.3) is 0 Å². The third-order valence-corrected chi connectivity index (χ3v) is 4.50. The SMILES string of the molecule is Nc1ccccc1C(=O)NCc1ccc(C(=O)N2CCCCC2)cc1. The summed E-state index contributed by atoms with van der Waals surface area (Å²) in [6, 6.07) is 14.4. The molecule has 0 spiro atoms. The van der Waals surface area contributed by atoms with Crippen LogP contribution in [-0.4, -0.2) is 29.8 Å². The van der Waals surface area contributed by atoms with Gasteiger partial charge in [-0.2, -0.15) is 0 Å². The van der Waals surface area contributed by atoms with Crippen molar-refractivity contribution in [1.82, 2.24) is 10.2 Å². The van der Waals surface area contributed by atoms with Crippen LogP contribution < -0.4 is 11.1 Å². The van der Waals surface area contributed by atoms with Crippen LogP contribution in [0.15, 0.2) is 48.5 Å². The second-order valence-corrected chi connectivity index (χ2v) is 6.32. The molecular weight excluding hydrogens is 314 g/mol. The minimum Gasteiger partial charge on any atom is -0.398 e. The molecule has 2 aromatic rings. The van der Waals surface area contributed by atoms with Crippen LogP contribution in [0.2, 0.25) is 0 Å². The van der Waals surface area contributed by atoms with Crippen molar-refractivity contribution >= 4 is 17.5 Å². The molecule has 1 aliphatic rings. The van der Waals surface area contributed by atoms with Crippen molar-refractivity contribution in [2.24, 2.45) is 0 Å². The molecule has 0 radical (unpaired) electrons. The highest BCUT2D eigenvalue weighted by atomic mass is 16.2. The number of nitrogen functional groups attached to an aromatic ring is 1. The molecule has 0 bridgehead atoms. The van der Waals surface area contributed by atoms with E-state index in [1.54, 1.807) is 24.3 Å². The fourth-order valence-electron chi connectivity index (χ4n) is 3.03. The normalized spacial score (nSPS) is 14.2. The number of nitrogens with two attached hydrogens (primary N) is 1. The van der Waals surface area contributed by atoms with E-state index in [9.17, 15) is 9.59 Å². The maximum atomic E-state index is 12.4. The molecule has 0 unspecified atom stereocenters. The summed E-state index contributed by atoms with van der Waals surface area (Å²) < 4.78 is 0. The van der Waals surface area contributed by atoms with E-state index in [0.29, 0.717) is 23.4 Å². The van der Waals surface area contributed by atoms with Crippen molar-refractivity contribution in [3.63, 3.8) is 0 Å². The van der Waals surface area contributed by atoms with Gasteiger partial charge in [0.2, 0.25) is 0 Å². The zero-order valence-corrected chi connectivity index (χ0v) is 14.2. The van der Waals surface area contributed by atoms with Gasteiger partial charge in [-0.25, -0.2) is 0 Å². The number of hydrogen-bond acceptors (Lipinski definition) is 3. The van der Waals surface area contributed by atoms with Crippen molar-refractivity contribution in [3.8, 4) is 0 Å². The quantitative estimate of drug-likeness (QED) is 0.843. The van der Waals surface area contributed by atoms with Crippen molar-refractivity contribution in [2.45, 2.75) is 25.8 Å². The van der Waals surface area contributed by atoms with Gasteiger partial charge in [0.15, 0.2) is 0 Å². The fraction of sp³-hybridized carbons (Fsp3) is 0.300. The number of nitrogens with zero attached hydrogens (tertiary/aromatic N) is 1. The van der Waals surface area contributed by atoms with Crippen molar-refractivity contribution < 1.29 is 9.59 Å². The van der Waals surface area contributed by atoms with E-state index >= 15 is 0 Å². The van der Waals surface area contributed by atoms with Crippen molar-refractivity contribution in [1.29, 1.82) is 0 Å². The van der Waals surface area contributed by atoms with Gasteiger partial charge in [0.05, 0.1) is 5.56 Å². The molecule has 3 rings (SSSR count). The summed E-state index contributed by atoms with van der Waals surface area (Å²) in [7, 11) is 0. The smallest absolute Gasteiger partial charge is 0.253 e. The molecule has 25 heavy (non-hydrogen) atoms. The number of para-hydroxylation sites is 1. The number of nitrogens with one attached hydrogen (secondary N) is 1. The predicted molar refractivity (Wildman–Crippen MR) is 98.2 cm³/mol. The van der Waals surface area contributed by atoms with Gasteiger partial charge in [-0.3, -0.25) is 9.59 Å². The second-order valence-electron chi connectivity index (χ2n) is 6.32. The first kappa shape index (κ1) is 17.0. The molecule has 5 nitrogen and oxygen atoms in total. The van der Waals surface area contributed by atoms with Crippen LogP contribution in [0.1, 0.15) is 45.5 Å². The second kappa shape index (κ2) is 7.83. The Labute approximate surface area is 147 Å². The Morgan fingerprint density at radius 2 is 1.64 bits per heavy atom. The summed E-state index contributed by atoms with van der Waals surface area (Å²) in [6.07, 6.45) is 3.37. The molecular formula is C20H23N3O2. The Morgan fingerprint density at radius 1 is 0.960 bits per heavy atom. The minimum atomic E-state index is -0.202. The molecule has 130 valence electrons. The van der Waals surface area contributed by atoms with Gasteiger partial charge in [0.1, 0.15) is 0 Å². The monoisotopic (exact) mass is 337 g/mol. The fourth-order valence-corrected chi connectivity index (χ4v) is 3.03. The van der Waals surface area contributed by atoms with Crippen LogP contribution in [0.5, 0.6) is 0 Å². The Kier molecular flexibility index (Phi) is 5.33. The first-order valence-electron chi connectivity index (χ1n) is 8.66. The predicted octanol–water partition coefficient (Wildman–Crippen LogP) is 2.82. The molecule has 2 amide bonds. The first-order valence-corrected chi connectivity index (χ1v) is 8.66. The van der Waals surface area contributed by atoms with Crippen LogP contribution in [-0.2, 0) is 6.54 Å². The standard InChI is InChI=1S/C20H23N3O2/c21-18-7-3-2-6-17(18)19(24)22-14-15-8-10-16(11-9-15)20(25)23-12-4-1-5-13-23/h2-3,6-11H,1,4-5,12-14,21H2,(H,22,24). The maximum Gasteiger partial charge on any atom is 0.253 e. The van der Waals surface area contributed by atoms with Gasteiger partial charge in [-0.1, -0.05) is 24.3 Å². The number of likely N-dealkylation sites (tertiary alicyclic amines) is 1. The molecule has 5 heteroatoms. The zero-order valence-electron chi connectivity index (χ0n) is 14.2. The van der Waals surface area contributed by atoms with Crippen LogP contribution in [0.3, 0.4) is 0 Å². The number of carbonyl (C=O) groups is 2. The third-order valence-electron chi connectivity index (χ3n) is 4.50. The molecule has 0 saturated carbocycles. The van der Waals surface area contributed by atoms with E-state index in [1.807, 2.05) is 29.2 Å². The first-order chi connectivity index (χ1) is 12.1. The molecule has 0 atom stereocenters. The van der Waals surface area contributed by atoms with E-state index in [0.717, 1.165) is 31.5 Å². The number of hydrogen-bond donors (Lipinski definition) is 2. The van der Waals surface area contributed by atoms with Crippen LogP contribution in [0.4, 0.5) is 5.69 Å². The highest BCUT2D eigenvalue weighted by Crippen LogP contribution is 2.14. The largest absolute Gasteiger partial charge is 0.398 e. The van der Waals surface area contributed by atoms with Crippen molar-refractivity contribution in [2.75, 3.05) is 18.8 Å². The van der Waals surface area contributed by atoms with Gasteiger partial charge in [-0.15, -0.1) is 0 Å². The third kappa shape index (κ3) is 4.18. The molecule has 1 saturated heterocycles. The number of piperidine rings is 1. The van der Waals surface area contributed by atoms with Crippen molar-refractivity contribution in [3.05, 3.63) is 65.2 Å². The van der Waals surface area contributed by atoms with Gasteiger partial charge in [0.25, 0.3) is 11.8 Å². The molecule has 0 aliphatic carbocycles. The van der Waals surface area contributed by atoms with Crippen LogP contribution in [0, 0.1) is 0 Å². The average molecular weight is 337 g/mol. The molecule has 1 fully saturated rings. The number of carbonyl (C=O) groups excluding carboxylic acids is 2. The molecule has 3 N–H and O–H groups in total. The molecule has 1 aliphatic heterocycles. The summed E-state index contributed by atoms with van der Waals surface area (Å²) in [4.78, 5) is 26.5. The van der Waals surface area contributed by atoms with E-state index < -0.39 is 0 Å². The lowest BCUT2D eigenvalue weighted by Crippen LogP contribution is -2.35. The van der Waals surface area contributed by atoms with Gasteiger partial charge >= 0.3 is 0 Å². The number of anilines is 1. The zero-order chi connectivity index (χ0) is 17.6. The summed E-state index contributed by atoms with van der Waals surface area (Å²) in [5.41, 5.74) is 8.38. The summed E-state index contributed by atoms with van der Waals surface area (Å²) in [5, 5.41) is 2.85. The van der Waals surface area contributed by atoms with E-state index in [4.69, 9.17) is 5.73 Å². The van der Waals surface area contributed by atoms with Crippen LogP contribution >= 0.6 is 0 Å². The minimum absolute atomic E-state index is 0.0901. The van der Waals surface area contributed by atoms with Gasteiger partial charge in [-0.05, 0) is 49.1 Å². The average Bonchev–Trinajstić information content (AvgIpc) is 2.67. The Hall–Kier alpha value is -2.82. The summed E-state index contributed by atoms with van der Waals surface area (Å²) in [5.74, 6) is -0.112. The highest BCUT2D eigenvalue weighted by molar-refractivity contribution is 5.99. The highest BCUT2D eigenvalue weighted by Gasteiger charge is 2.17. The van der Waals surface area contributed by atoms with E-state index in [1.165, 1.54) is 6.42 Å². The van der Waals surface area contributed by atoms with Gasteiger partial charge in [0, 0.05) is 30.9 Å². The van der Waals surface area contributed by atoms with E-state index in [-0.39, 0.29) is 11.8 Å². The Morgan fingerprint density at radius 3 is 2.32 bits per heavy atom. The molecule has 0 aromatic heterocycles. The molecule has 2 aromatic carbocycles. The maximum absolute atomic E-state index is 12.4. The number of rotatable bonds is 4. The lowest BCUT2D eigenvalue weighted by Gasteiger charge is -2.26.